The summed E-state index contributed by atoms with van der Waals surface area (Å²) >= 11 is 0. The molecule has 0 aliphatic rings. The largest absolute Gasteiger partial charge is 0.443 e. The number of nitrogens with zero attached hydrogens (tertiary/aromatic N) is 1. The van der Waals surface area contributed by atoms with E-state index in [1.54, 1.807) is 36.5 Å². The average molecular weight is 390 g/mol. The van der Waals surface area contributed by atoms with Gasteiger partial charge in [-0.1, -0.05) is 0 Å². The second kappa shape index (κ2) is 8.14. The quantitative estimate of drug-likeness (QED) is 0.476. The molecule has 0 bridgehead atoms. The Morgan fingerprint density at radius 1 is 0.931 bits per heavy atom. The minimum Gasteiger partial charge on any atom is -0.443 e. The first-order valence-electron chi connectivity index (χ1n) is 9.13. The van der Waals surface area contributed by atoms with Crippen molar-refractivity contribution < 1.29 is 19.1 Å². The van der Waals surface area contributed by atoms with Crippen molar-refractivity contribution in [2.45, 2.75) is 26.4 Å². The predicted octanol–water partition coefficient (Wildman–Crippen LogP) is 5.22. The van der Waals surface area contributed by atoms with E-state index in [1.165, 1.54) is 4.57 Å². The van der Waals surface area contributed by atoms with E-state index in [-0.39, 0.29) is 0 Å². The molecule has 29 heavy (non-hydrogen) atoms. The summed E-state index contributed by atoms with van der Waals surface area (Å²) in [5, 5.41) is 1.92. The molecule has 0 unspecified atom stereocenters. The molecule has 0 fully saturated rings. The lowest BCUT2D eigenvalue weighted by atomic mass is 10.2. The molecule has 0 amide bonds. The van der Waals surface area contributed by atoms with E-state index < -0.39 is 11.7 Å². The van der Waals surface area contributed by atoms with Gasteiger partial charge in [0.15, 0.2) is 0 Å². The van der Waals surface area contributed by atoms with Gasteiger partial charge in [0, 0.05) is 39.8 Å². The summed E-state index contributed by atoms with van der Waals surface area (Å²) in [5.41, 5.74) is 2.57. The van der Waals surface area contributed by atoms with Crippen LogP contribution in [0.15, 0.2) is 60.9 Å². The lowest BCUT2D eigenvalue weighted by Crippen LogP contribution is -2.26. The zero-order chi connectivity index (χ0) is 21.0. The highest BCUT2D eigenvalue weighted by atomic mass is 16.6. The van der Waals surface area contributed by atoms with Crippen LogP contribution in [-0.2, 0) is 4.74 Å². The van der Waals surface area contributed by atoms with Gasteiger partial charge in [-0.2, -0.15) is 0 Å². The Morgan fingerprint density at radius 3 is 2.24 bits per heavy atom. The molecular formula is C23H22N2O4. The summed E-state index contributed by atoms with van der Waals surface area (Å²) in [6.45, 7) is 5.46. The minimum atomic E-state index is -0.531. The van der Waals surface area contributed by atoms with E-state index in [4.69, 9.17) is 4.74 Å². The van der Waals surface area contributed by atoms with E-state index in [0.717, 1.165) is 39.9 Å². The number of carbonyl (C=O) groups excluding carboxylic acids is 3. The van der Waals surface area contributed by atoms with Gasteiger partial charge in [-0.3, -0.25) is 14.2 Å². The monoisotopic (exact) mass is 390 g/mol. The van der Waals surface area contributed by atoms with Crippen molar-refractivity contribution in [3.8, 4) is 0 Å². The van der Waals surface area contributed by atoms with E-state index in [1.807, 2.05) is 45.2 Å². The normalized spacial score (nSPS) is 11.0. The van der Waals surface area contributed by atoms with Gasteiger partial charge in [-0.25, -0.2) is 4.79 Å². The van der Waals surface area contributed by atoms with E-state index in [9.17, 15) is 14.4 Å². The van der Waals surface area contributed by atoms with Gasteiger partial charge < -0.3 is 9.72 Å². The number of ether oxygens (including phenoxy) is 1. The molecule has 4 rings (SSSR count). The smallest absolute Gasteiger partial charge is 0.418 e. The van der Waals surface area contributed by atoms with Gasteiger partial charge in [-0.15, -0.1) is 0 Å². The number of fused-ring (bicyclic) bond motifs is 2. The maximum Gasteiger partial charge on any atom is 0.418 e. The van der Waals surface area contributed by atoms with Gasteiger partial charge in [0.1, 0.15) is 18.2 Å². The molecule has 0 atom stereocenters. The van der Waals surface area contributed by atoms with E-state index in [0.29, 0.717) is 5.56 Å². The Balaban J connectivity index is 0.000000186. The molecule has 2 aromatic carbocycles. The highest BCUT2D eigenvalue weighted by molar-refractivity contribution is 5.93. The maximum atomic E-state index is 12.0. The molecule has 0 aliphatic heterocycles. The maximum absolute atomic E-state index is 12.0. The first kappa shape index (κ1) is 20.1. The van der Waals surface area contributed by atoms with Gasteiger partial charge in [-0.05, 0) is 69.3 Å². The van der Waals surface area contributed by atoms with Crippen LogP contribution < -0.4 is 0 Å². The van der Waals surface area contributed by atoms with Crippen LogP contribution >= 0.6 is 0 Å². The van der Waals surface area contributed by atoms with Crippen molar-refractivity contribution in [2.24, 2.45) is 0 Å². The fourth-order valence-electron chi connectivity index (χ4n) is 2.85. The summed E-state index contributed by atoms with van der Waals surface area (Å²) in [6.07, 6.45) is 4.72. The summed E-state index contributed by atoms with van der Waals surface area (Å²) in [6, 6.07) is 14.4. The Labute approximate surface area is 168 Å². The number of H-pyrrole nitrogens is 1. The van der Waals surface area contributed by atoms with Crippen LogP contribution in [0, 0.1) is 0 Å². The lowest BCUT2D eigenvalue weighted by molar-refractivity contribution is 0.0544. The number of aldehydes is 2. The first-order valence-corrected chi connectivity index (χ1v) is 9.13. The van der Waals surface area contributed by atoms with E-state index >= 15 is 0 Å². The molecule has 0 saturated heterocycles. The highest BCUT2D eigenvalue weighted by Gasteiger charge is 2.18. The molecule has 6 heteroatoms. The Kier molecular flexibility index (Phi) is 5.64. The van der Waals surface area contributed by atoms with Crippen molar-refractivity contribution >= 4 is 40.5 Å². The molecule has 4 aromatic rings. The molecular weight excluding hydrogens is 368 g/mol. The molecule has 0 saturated carbocycles. The molecule has 1 N–H and O–H groups in total. The van der Waals surface area contributed by atoms with Crippen molar-refractivity contribution in [3.63, 3.8) is 0 Å². The van der Waals surface area contributed by atoms with Crippen LogP contribution in [-0.4, -0.2) is 33.8 Å². The van der Waals surface area contributed by atoms with Gasteiger partial charge in [0.05, 0.1) is 5.52 Å². The summed E-state index contributed by atoms with van der Waals surface area (Å²) in [5.74, 6) is 0. The number of hydrogen-bond donors (Lipinski definition) is 1. The number of benzene rings is 2. The second-order valence-corrected chi connectivity index (χ2v) is 7.54. The molecule has 0 aliphatic carbocycles. The van der Waals surface area contributed by atoms with Crippen LogP contribution in [0.2, 0.25) is 0 Å². The molecule has 148 valence electrons. The number of hydrogen-bond acceptors (Lipinski definition) is 4. The minimum absolute atomic E-state index is 0.420. The molecule has 0 spiro atoms. The second-order valence-electron chi connectivity index (χ2n) is 7.54. The third-order valence-electron chi connectivity index (χ3n) is 4.15. The fourth-order valence-corrected chi connectivity index (χ4v) is 2.85. The lowest BCUT2D eigenvalue weighted by Gasteiger charge is -2.19. The summed E-state index contributed by atoms with van der Waals surface area (Å²) < 4.78 is 6.74. The number of rotatable bonds is 2. The van der Waals surface area contributed by atoms with Crippen molar-refractivity contribution in [2.75, 3.05) is 0 Å². The number of aromatic nitrogens is 2. The average Bonchev–Trinajstić information content (AvgIpc) is 3.32. The van der Waals surface area contributed by atoms with Gasteiger partial charge in [0.2, 0.25) is 0 Å². The number of carbonyl (C=O) groups is 3. The Morgan fingerprint density at radius 2 is 1.59 bits per heavy atom. The van der Waals surface area contributed by atoms with Crippen LogP contribution in [0.4, 0.5) is 4.79 Å². The van der Waals surface area contributed by atoms with Crippen LogP contribution in [0.25, 0.3) is 21.8 Å². The van der Waals surface area contributed by atoms with Crippen molar-refractivity contribution in [1.29, 1.82) is 0 Å². The zero-order valence-corrected chi connectivity index (χ0v) is 16.5. The molecule has 6 nitrogen and oxygen atoms in total. The third-order valence-corrected chi connectivity index (χ3v) is 4.15. The summed E-state index contributed by atoms with van der Waals surface area (Å²) in [4.78, 5) is 36.1. The highest BCUT2D eigenvalue weighted by Crippen LogP contribution is 2.19. The van der Waals surface area contributed by atoms with Crippen molar-refractivity contribution in [1.82, 2.24) is 9.55 Å². The van der Waals surface area contributed by atoms with Crippen LogP contribution in [0.3, 0.4) is 0 Å². The Bertz CT molecular complexity index is 1180. The molecule has 0 radical (unpaired) electrons. The van der Waals surface area contributed by atoms with Crippen molar-refractivity contribution in [3.05, 3.63) is 72.1 Å². The van der Waals surface area contributed by atoms with Gasteiger partial charge >= 0.3 is 6.09 Å². The predicted molar refractivity (Wildman–Crippen MR) is 113 cm³/mol. The van der Waals surface area contributed by atoms with Crippen LogP contribution in [0.5, 0.6) is 0 Å². The summed E-state index contributed by atoms with van der Waals surface area (Å²) in [7, 11) is 0. The topological polar surface area (TPSA) is 81.2 Å². The standard InChI is InChI=1S/C14H15NO3.C9H7NO/c1-14(2,3)18-13(17)15-7-6-11-8-10(9-16)4-5-12(11)15;11-6-7-1-2-9-8(5-7)3-4-10-9/h4-9H,1-3H3;1-6,10H. The number of aromatic amines is 1. The number of nitrogens with one attached hydrogen (secondary N) is 1. The third kappa shape index (κ3) is 4.79. The molecule has 2 aromatic heterocycles. The fraction of sp³-hybridized carbons (Fsp3) is 0.174. The van der Waals surface area contributed by atoms with Gasteiger partial charge in [0.25, 0.3) is 0 Å². The molecule has 2 heterocycles. The SMILES string of the molecule is CC(C)(C)OC(=O)n1ccc2cc(C=O)ccc21.O=Cc1ccc2[nH]ccc2c1. The van der Waals surface area contributed by atoms with E-state index in [2.05, 4.69) is 4.98 Å². The Hall–Kier alpha value is -3.67. The van der Waals surface area contributed by atoms with Crippen LogP contribution in [0.1, 0.15) is 41.5 Å². The first-order chi connectivity index (χ1) is 13.8. The zero-order valence-electron chi connectivity index (χ0n) is 16.5.